The molecule has 0 fully saturated rings. The Balaban J connectivity index is 1.84. The number of nitrogens with one attached hydrogen (secondary N) is 1. The van der Waals surface area contributed by atoms with Gasteiger partial charge in [-0.25, -0.2) is 5.10 Å². The SMILES string of the molecule is CCOc1ccc2ccccc2c1/C=N/n1c(-c2ccccc2)n[nH]c1=S. The lowest BCUT2D eigenvalue weighted by molar-refractivity contribution is 0.340. The minimum absolute atomic E-state index is 0.434. The predicted molar refractivity (Wildman–Crippen MR) is 111 cm³/mol. The maximum atomic E-state index is 5.81. The van der Waals surface area contributed by atoms with E-state index in [0.29, 0.717) is 17.2 Å². The van der Waals surface area contributed by atoms with Crippen LogP contribution in [0.3, 0.4) is 0 Å². The van der Waals surface area contributed by atoms with E-state index in [0.717, 1.165) is 27.6 Å². The molecular formula is C21H18N4OS. The fourth-order valence-corrected chi connectivity index (χ4v) is 3.16. The number of ether oxygens (including phenoxy) is 1. The summed E-state index contributed by atoms with van der Waals surface area (Å²) in [6, 6.07) is 22.0. The molecule has 3 aromatic carbocycles. The van der Waals surface area contributed by atoms with Gasteiger partial charge in [-0.15, -0.1) is 0 Å². The van der Waals surface area contributed by atoms with Gasteiger partial charge in [-0.05, 0) is 36.0 Å². The van der Waals surface area contributed by atoms with E-state index in [2.05, 4.69) is 33.5 Å². The zero-order valence-electron chi connectivity index (χ0n) is 14.8. The van der Waals surface area contributed by atoms with Crippen LogP contribution in [0.15, 0.2) is 71.8 Å². The summed E-state index contributed by atoms with van der Waals surface area (Å²) >= 11 is 5.37. The summed E-state index contributed by atoms with van der Waals surface area (Å²) in [5, 5.41) is 14.0. The Morgan fingerprint density at radius 1 is 1.07 bits per heavy atom. The molecule has 1 heterocycles. The van der Waals surface area contributed by atoms with Gasteiger partial charge in [0.25, 0.3) is 0 Å². The Morgan fingerprint density at radius 3 is 2.67 bits per heavy atom. The van der Waals surface area contributed by atoms with Crippen molar-refractivity contribution >= 4 is 29.2 Å². The smallest absolute Gasteiger partial charge is 0.216 e. The first kappa shape index (κ1) is 17.2. The van der Waals surface area contributed by atoms with Crippen LogP contribution in [0.25, 0.3) is 22.2 Å². The van der Waals surface area contributed by atoms with Gasteiger partial charge in [0.2, 0.25) is 4.77 Å². The molecule has 0 atom stereocenters. The number of rotatable bonds is 5. The normalized spacial score (nSPS) is 11.3. The molecule has 27 heavy (non-hydrogen) atoms. The van der Waals surface area contributed by atoms with Gasteiger partial charge in [0.05, 0.1) is 12.8 Å². The second-order valence-electron chi connectivity index (χ2n) is 5.91. The van der Waals surface area contributed by atoms with Crippen molar-refractivity contribution in [3.63, 3.8) is 0 Å². The Bertz CT molecular complexity index is 1160. The van der Waals surface area contributed by atoms with E-state index in [4.69, 9.17) is 17.0 Å². The summed E-state index contributed by atoms with van der Waals surface area (Å²) in [4.78, 5) is 0. The topological polar surface area (TPSA) is 55.2 Å². The summed E-state index contributed by atoms with van der Waals surface area (Å²) < 4.78 is 7.87. The molecule has 0 saturated carbocycles. The van der Waals surface area contributed by atoms with Gasteiger partial charge in [-0.2, -0.15) is 14.9 Å². The highest BCUT2D eigenvalue weighted by atomic mass is 32.1. The number of H-pyrrole nitrogens is 1. The highest BCUT2D eigenvalue weighted by Crippen LogP contribution is 2.27. The third kappa shape index (κ3) is 3.39. The van der Waals surface area contributed by atoms with Crippen molar-refractivity contribution in [3.05, 3.63) is 77.1 Å². The lowest BCUT2D eigenvalue weighted by atomic mass is 10.0. The molecule has 0 spiro atoms. The van der Waals surface area contributed by atoms with Crippen molar-refractivity contribution in [1.82, 2.24) is 14.9 Å². The fourth-order valence-electron chi connectivity index (χ4n) is 2.98. The van der Waals surface area contributed by atoms with Crippen molar-refractivity contribution in [2.45, 2.75) is 6.92 Å². The van der Waals surface area contributed by atoms with E-state index < -0.39 is 0 Å². The molecule has 134 valence electrons. The van der Waals surface area contributed by atoms with Crippen LogP contribution >= 0.6 is 12.2 Å². The standard InChI is InChI=1S/C21H18N4OS/c1-2-26-19-13-12-15-8-6-7-11-17(15)18(19)14-22-25-20(23-24-21(25)27)16-9-4-3-5-10-16/h3-14H,2H2,1H3,(H,24,27)/b22-14+. The number of hydrogen-bond acceptors (Lipinski definition) is 4. The van der Waals surface area contributed by atoms with Crippen molar-refractivity contribution < 1.29 is 4.74 Å². The largest absolute Gasteiger partial charge is 0.493 e. The van der Waals surface area contributed by atoms with Crippen LogP contribution in [0.2, 0.25) is 0 Å². The third-order valence-corrected chi connectivity index (χ3v) is 4.48. The molecule has 4 aromatic rings. The summed E-state index contributed by atoms with van der Waals surface area (Å²) in [5.41, 5.74) is 1.85. The molecule has 0 unspecified atom stereocenters. The summed E-state index contributed by atoms with van der Waals surface area (Å²) in [5.74, 6) is 1.45. The van der Waals surface area contributed by atoms with Crippen LogP contribution < -0.4 is 4.74 Å². The predicted octanol–water partition coefficient (Wildman–Crippen LogP) is 5.04. The quantitative estimate of drug-likeness (QED) is 0.393. The average molecular weight is 374 g/mol. The lowest BCUT2D eigenvalue weighted by Gasteiger charge is -2.10. The Morgan fingerprint density at radius 2 is 1.85 bits per heavy atom. The second kappa shape index (κ2) is 7.55. The Labute approximate surface area is 161 Å². The van der Waals surface area contributed by atoms with Gasteiger partial charge < -0.3 is 4.74 Å². The van der Waals surface area contributed by atoms with Gasteiger partial charge in [0, 0.05) is 11.1 Å². The molecule has 0 saturated heterocycles. The molecule has 6 heteroatoms. The minimum atomic E-state index is 0.434. The van der Waals surface area contributed by atoms with Crippen LogP contribution in [-0.2, 0) is 0 Å². The van der Waals surface area contributed by atoms with Crippen molar-refractivity contribution in [2.75, 3.05) is 6.61 Å². The van der Waals surface area contributed by atoms with Crippen molar-refractivity contribution in [1.29, 1.82) is 0 Å². The van der Waals surface area contributed by atoms with Crippen LogP contribution in [-0.4, -0.2) is 27.7 Å². The summed E-state index contributed by atoms with van der Waals surface area (Å²) in [6.45, 7) is 2.55. The van der Waals surface area contributed by atoms with Crippen LogP contribution in [0, 0.1) is 4.77 Å². The summed E-state index contributed by atoms with van der Waals surface area (Å²) in [6.07, 6.45) is 1.78. The van der Waals surface area contributed by atoms with E-state index in [1.54, 1.807) is 10.9 Å². The number of benzene rings is 3. The molecule has 1 N–H and O–H groups in total. The van der Waals surface area contributed by atoms with Crippen molar-refractivity contribution in [2.24, 2.45) is 5.10 Å². The summed E-state index contributed by atoms with van der Waals surface area (Å²) in [7, 11) is 0. The molecule has 0 bridgehead atoms. The first-order chi connectivity index (χ1) is 13.3. The first-order valence-electron chi connectivity index (χ1n) is 8.69. The minimum Gasteiger partial charge on any atom is -0.493 e. The number of aromatic amines is 1. The molecule has 1 aromatic heterocycles. The maximum absolute atomic E-state index is 5.81. The highest BCUT2D eigenvalue weighted by Gasteiger charge is 2.10. The first-order valence-corrected chi connectivity index (χ1v) is 9.10. The monoisotopic (exact) mass is 374 g/mol. The zero-order chi connectivity index (χ0) is 18.6. The van der Waals surface area contributed by atoms with E-state index in [1.165, 1.54) is 0 Å². The van der Waals surface area contributed by atoms with Crippen LogP contribution in [0.5, 0.6) is 5.75 Å². The Kier molecular flexibility index (Phi) is 4.80. The highest BCUT2D eigenvalue weighted by molar-refractivity contribution is 7.71. The van der Waals surface area contributed by atoms with E-state index >= 15 is 0 Å². The molecule has 0 aliphatic carbocycles. The van der Waals surface area contributed by atoms with E-state index in [-0.39, 0.29) is 0 Å². The van der Waals surface area contributed by atoms with E-state index in [9.17, 15) is 0 Å². The number of nitrogens with zero attached hydrogens (tertiary/aromatic N) is 3. The second-order valence-corrected chi connectivity index (χ2v) is 6.29. The molecule has 0 radical (unpaired) electrons. The average Bonchev–Trinajstić information content (AvgIpc) is 3.08. The fraction of sp³-hybridized carbons (Fsp3) is 0.0952. The van der Waals surface area contributed by atoms with Gasteiger partial charge in [-0.3, -0.25) is 0 Å². The van der Waals surface area contributed by atoms with Crippen LogP contribution in [0.1, 0.15) is 12.5 Å². The molecule has 5 nitrogen and oxygen atoms in total. The van der Waals surface area contributed by atoms with Gasteiger partial charge >= 0.3 is 0 Å². The maximum Gasteiger partial charge on any atom is 0.216 e. The van der Waals surface area contributed by atoms with Gasteiger partial charge in [-0.1, -0.05) is 60.7 Å². The third-order valence-electron chi connectivity index (χ3n) is 4.22. The van der Waals surface area contributed by atoms with Gasteiger partial charge in [0.15, 0.2) is 5.82 Å². The lowest BCUT2D eigenvalue weighted by Crippen LogP contribution is -1.99. The molecular weight excluding hydrogens is 356 g/mol. The molecule has 0 amide bonds. The van der Waals surface area contributed by atoms with Crippen molar-refractivity contribution in [3.8, 4) is 17.1 Å². The number of hydrogen-bond donors (Lipinski definition) is 1. The number of fused-ring (bicyclic) bond motifs is 1. The molecule has 0 aliphatic rings. The molecule has 4 rings (SSSR count). The number of aromatic nitrogens is 3. The van der Waals surface area contributed by atoms with Crippen LogP contribution in [0.4, 0.5) is 0 Å². The van der Waals surface area contributed by atoms with E-state index in [1.807, 2.05) is 55.5 Å². The zero-order valence-corrected chi connectivity index (χ0v) is 15.6. The van der Waals surface area contributed by atoms with Gasteiger partial charge in [0.1, 0.15) is 5.75 Å². The Hall–Kier alpha value is -3.25. The molecule has 0 aliphatic heterocycles.